The highest BCUT2D eigenvalue weighted by atomic mass is 35.5. The van der Waals surface area contributed by atoms with Crippen LogP contribution in [-0.4, -0.2) is 42.0 Å². The van der Waals surface area contributed by atoms with Crippen molar-refractivity contribution in [3.63, 3.8) is 0 Å². The number of nitrogens with zero attached hydrogens (tertiary/aromatic N) is 2. The second-order valence-electron chi connectivity index (χ2n) is 11.4. The molecule has 1 saturated heterocycles. The molecule has 11 heteroatoms. The Kier molecular flexibility index (Phi) is 8.77. The van der Waals surface area contributed by atoms with E-state index >= 15 is 0 Å². The first-order valence-corrected chi connectivity index (χ1v) is 14.5. The molecule has 0 radical (unpaired) electrons. The quantitative estimate of drug-likeness (QED) is 0.285. The van der Waals surface area contributed by atoms with Crippen molar-refractivity contribution in [3.8, 4) is 11.3 Å². The first-order valence-electron chi connectivity index (χ1n) is 13.8. The number of anilines is 1. The van der Waals surface area contributed by atoms with E-state index in [-0.39, 0.29) is 6.10 Å². The molecule has 1 aliphatic carbocycles. The van der Waals surface area contributed by atoms with E-state index in [2.05, 4.69) is 20.9 Å². The Morgan fingerprint density at radius 3 is 2.27 bits per heavy atom. The van der Waals surface area contributed by atoms with Gasteiger partial charge >= 0.3 is 6.09 Å². The minimum atomic E-state index is -0.718. The van der Waals surface area contributed by atoms with Gasteiger partial charge in [-0.3, -0.25) is 10.2 Å². The fourth-order valence-electron chi connectivity index (χ4n) is 4.84. The number of hydrazine groups is 1. The molecule has 41 heavy (non-hydrogen) atoms. The number of carbonyl (C=O) groups is 2. The first-order chi connectivity index (χ1) is 19.6. The molecular weight excluding hydrogens is 567 g/mol. The van der Waals surface area contributed by atoms with Gasteiger partial charge in [0.2, 0.25) is 0 Å². The largest absolute Gasteiger partial charge is 0.443 e. The van der Waals surface area contributed by atoms with Crippen LogP contribution in [0.25, 0.3) is 11.3 Å². The third-order valence-corrected chi connectivity index (χ3v) is 7.67. The zero-order valence-electron chi connectivity index (χ0n) is 23.3. The molecule has 2 aliphatic rings. The number of rotatable bonds is 7. The zero-order valence-corrected chi connectivity index (χ0v) is 24.8. The summed E-state index contributed by atoms with van der Waals surface area (Å²) in [7, 11) is 0. The molecule has 218 valence electrons. The maximum Gasteiger partial charge on any atom is 0.426 e. The topological polar surface area (TPSA) is 106 Å². The lowest BCUT2D eigenvalue weighted by Crippen LogP contribution is -2.44. The molecule has 2 fully saturated rings. The van der Waals surface area contributed by atoms with Gasteiger partial charge in [0, 0.05) is 41.4 Å². The Hall–Kier alpha value is -3.27. The van der Waals surface area contributed by atoms with Gasteiger partial charge in [-0.15, -0.1) is 0 Å². The monoisotopic (exact) mass is 600 g/mol. The van der Waals surface area contributed by atoms with Gasteiger partial charge in [-0.05, 0) is 82.9 Å². The average Bonchev–Trinajstić information content (AvgIpc) is 3.70. The molecule has 0 spiro atoms. The summed E-state index contributed by atoms with van der Waals surface area (Å²) in [5.41, 5.74) is 7.69. The van der Waals surface area contributed by atoms with Crippen LogP contribution < -0.4 is 15.8 Å². The van der Waals surface area contributed by atoms with Crippen LogP contribution >= 0.6 is 23.2 Å². The van der Waals surface area contributed by atoms with Crippen LogP contribution in [-0.2, 0) is 16.1 Å². The number of nitrogens with one attached hydrogen (secondary N) is 2. The Labute approximate surface area is 249 Å². The van der Waals surface area contributed by atoms with Crippen molar-refractivity contribution < 1.29 is 23.6 Å². The summed E-state index contributed by atoms with van der Waals surface area (Å²) in [6.07, 6.45) is 3.24. The van der Waals surface area contributed by atoms with Gasteiger partial charge in [0.1, 0.15) is 17.1 Å². The van der Waals surface area contributed by atoms with E-state index in [0.717, 1.165) is 55.8 Å². The second-order valence-corrected chi connectivity index (χ2v) is 12.2. The van der Waals surface area contributed by atoms with Crippen molar-refractivity contribution >= 4 is 40.9 Å². The molecular formula is C30H34Cl2N4O5. The highest BCUT2D eigenvalue weighted by molar-refractivity contribution is 6.39. The zero-order chi connectivity index (χ0) is 29.1. The Morgan fingerprint density at radius 1 is 1.00 bits per heavy atom. The van der Waals surface area contributed by atoms with E-state index in [9.17, 15) is 9.59 Å². The van der Waals surface area contributed by atoms with Crippen molar-refractivity contribution in [2.75, 3.05) is 18.0 Å². The van der Waals surface area contributed by atoms with Gasteiger partial charge in [0.25, 0.3) is 5.91 Å². The van der Waals surface area contributed by atoms with Crippen molar-refractivity contribution in [1.29, 1.82) is 0 Å². The van der Waals surface area contributed by atoms with E-state index in [1.54, 1.807) is 45.0 Å². The second kappa shape index (κ2) is 12.3. The maximum atomic E-state index is 12.4. The van der Waals surface area contributed by atoms with Gasteiger partial charge < -0.3 is 18.9 Å². The number of carbonyl (C=O) groups excluding carboxylic acids is 2. The SMILES string of the molecule is CC(C)(C)OC(=O)NNC(=O)c1ccc(N2CCC(OCc3c(-c4c(Cl)cccc4Cl)noc3C3CC3)CC2)cc1. The molecule has 2 heterocycles. The van der Waals surface area contributed by atoms with Gasteiger partial charge in [-0.1, -0.05) is 34.4 Å². The summed E-state index contributed by atoms with van der Waals surface area (Å²) in [6, 6.07) is 12.7. The lowest BCUT2D eigenvalue weighted by molar-refractivity contribution is 0.0246. The van der Waals surface area contributed by atoms with Crippen molar-refractivity contribution in [2.45, 2.75) is 70.7 Å². The average molecular weight is 602 g/mol. The molecule has 1 aliphatic heterocycles. The summed E-state index contributed by atoms with van der Waals surface area (Å²) in [5.74, 6) is 0.821. The van der Waals surface area contributed by atoms with Crippen LogP contribution in [0.15, 0.2) is 47.0 Å². The summed E-state index contributed by atoms with van der Waals surface area (Å²) >= 11 is 13.0. The van der Waals surface area contributed by atoms with E-state index in [1.165, 1.54) is 0 Å². The molecule has 3 aromatic rings. The number of amides is 2. The molecule has 1 aromatic heterocycles. The van der Waals surface area contributed by atoms with Crippen LogP contribution in [0.4, 0.5) is 10.5 Å². The lowest BCUT2D eigenvalue weighted by atomic mass is 10.0. The fraction of sp³-hybridized carbons (Fsp3) is 0.433. The van der Waals surface area contributed by atoms with Crippen LogP contribution in [0.1, 0.15) is 74.1 Å². The van der Waals surface area contributed by atoms with Crippen LogP contribution in [0.3, 0.4) is 0 Å². The van der Waals surface area contributed by atoms with Crippen molar-refractivity contribution in [2.24, 2.45) is 0 Å². The Bertz CT molecular complexity index is 1370. The number of aromatic nitrogens is 1. The molecule has 2 amide bonds. The molecule has 5 rings (SSSR count). The number of benzene rings is 2. The van der Waals surface area contributed by atoms with Crippen LogP contribution in [0.5, 0.6) is 0 Å². The van der Waals surface area contributed by atoms with Gasteiger partial charge in [-0.2, -0.15) is 0 Å². The van der Waals surface area contributed by atoms with Crippen molar-refractivity contribution in [3.05, 3.63) is 69.4 Å². The van der Waals surface area contributed by atoms with E-state index < -0.39 is 17.6 Å². The predicted octanol–water partition coefficient (Wildman–Crippen LogP) is 6.88. The molecule has 0 atom stereocenters. The molecule has 0 unspecified atom stereocenters. The molecule has 2 aromatic carbocycles. The van der Waals surface area contributed by atoms with Gasteiger partial charge in [-0.25, -0.2) is 10.2 Å². The van der Waals surface area contributed by atoms with Crippen LogP contribution in [0, 0.1) is 0 Å². The minimum Gasteiger partial charge on any atom is -0.443 e. The number of ether oxygens (including phenoxy) is 2. The maximum absolute atomic E-state index is 12.4. The molecule has 1 saturated carbocycles. The number of hydrogen-bond acceptors (Lipinski definition) is 7. The fourth-order valence-corrected chi connectivity index (χ4v) is 5.41. The summed E-state index contributed by atoms with van der Waals surface area (Å²) in [6.45, 7) is 7.27. The van der Waals surface area contributed by atoms with Crippen molar-refractivity contribution in [1.82, 2.24) is 16.0 Å². The highest BCUT2D eigenvalue weighted by Gasteiger charge is 2.34. The predicted molar refractivity (Wildman–Crippen MR) is 157 cm³/mol. The Balaban J connectivity index is 1.14. The highest BCUT2D eigenvalue weighted by Crippen LogP contribution is 2.46. The molecule has 0 bridgehead atoms. The minimum absolute atomic E-state index is 0.0896. The lowest BCUT2D eigenvalue weighted by Gasteiger charge is -2.33. The number of piperidine rings is 1. The third-order valence-electron chi connectivity index (χ3n) is 7.04. The van der Waals surface area contributed by atoms with Crippen LogP contribution in [0.2, 0.25) is 10.0 Å². The van der Waals surface area contributed by atoms with Gasteiger partial charge in [0.05, 0.1) is 22.8 Å². The first kappa shape index (κ1) is 29.2. The molecule has 9 nitrogen and oxygen atoms in total. The van der Waals surface area contributed by atoms with E-state index in [0.29, 0.717) is 39.4 Å². The van der Waals surface area contributed by atoms with E-state index in [1.807, 2.05) is 18.2 Å². The third kappa shape index (κ3) is 7.33. The Morgan fingerprint density at radius 2 is 1.66 bits per heavy atom. The summed E-state index contributed by atoms with van der Waals surface area (Å²) < 4.78 is 17.3. The normalized spacial score (nSPS) is 16.0. The van der Waals surface area contributed by atoms with Gasteiger partial charge in [0.15, 0.2) is 0 Å². The summed E-state index contributed by atoms with van der Waals surface area (Å²) in [5, 5.41) is 5.42. The standard InChI is InChI=1S/C30H34Cl2N4O5/c1-30(2,3)40-29(38)34-33-28(37)19-9-11-20(12-10-19)36-15-13-21(14-16-36)39-17-22-26(35-41-27(22)18-7-8-18)25-23(31)5-4-6-24(25)32/h4-6,9-12,18,21H,7-8,13-17H2,1-3H3,(H,33,37)(H,34,38). The molecule has 2 N–H and O–H groups in total. The number of hydrogen-bond donors (Lipinski definition) is 2. The summed E-state index contributed by atoms with van der Waals surface area (Å²) in [4.78, 5) is 26.4. The number of halogens is 2. The van der Waals surface area contributed by atoms with E-state index in [4.69, 9.17) is 37.2 Å². The smallest absolute Gasteiger partial charge is 0.426 e.